The van der Waals surface area contributed by atoms with E-state index < -0.39 is 11.3 Å². The number of aromatic nitrogens is 1. The molecule has 1 unspecified atom stereocenters. The van der Waals surface area contributed by atoms with Crippen LogP contribution in [0.2, 0.25) is 0 Å². The number of hydrogen-bond donors (Lipinski definition) is 3. The molecular weight excluding hydrogens is 284 g/mol. The molecule has 21 heavy (non-hydrogen) atoms. The Morgan fingerprint density at radius 2 is 1.38 bits per heavy atom. The third kappa shape index (κ3) is 3.21. The first-order chi connectivity index (χ1) is 10.2. The molecule has 2 aromatic carbocycles. The van der Waals surface area contributed by atoms with Crippen LogP contribution in [-0.4, -0.2) is 13.7 Å². The van der Waals surface area contributed by atoms with Crippen LogP contribution in [0.25, 0.3) is 22.5 Å². The summed E-state index contributed by atoms with van der Waals surface area (Å²) in [5, 5.41) is 0. The fourth-order valence-electron chi connectivity index (χ4n) is 2.17. The summed E-state index contributed by atoms with van der Waals surface area (Å²) in [7, 11) is 0. The van der Waals surface area contributed by atoms with Gasteiger partial charge in [-0.05, 0) is 35.4 Å². The molecular formula is C16H14N2O2S. The number of anilines is 1. The number of rotatable bonds is 4. The summed E-state index contributed by atoms with van der Waals surface area (Å²) in [6, 6.07) is 21.5. The van der Waals surface area contributed by atoms with E-state index in [1.807, 2.05) is 42.5 Å². The maximum absolute atomic E-state index is 10.7. The van der Waals surface area contributed by atoms with Crippen molar-refractivity contribution >= 4 is 17.0 Å². The minimum atomic E-state index is -2.05. The van der Waals surface area contributed by atoms with Crippen molar-refractivity contribution in [2.45, 2.75) is 0 Å². The highest BCUT2D eigenvalue weighted by Crippen LogP contribution is 2.25. The Kier molecular flexibility index (Phi) is 3.85. The fraction of sp³-hybridized carbons (Fsp3) is 0. The Hall–Kier alpha value is -2.37. The van der Waals surface area contributed by atoms with Gasteiger partial charge < -0.3 is 4.98 Å². The van der Waals surface area contributed by atoms with Gasteiger partial charge in [-0.1, -0.05) is 42.5 Å². The molecule has 0 aliphatic heterocycles. The van der Waals surface area contributed by atoms with E-state index in [1.165, 1.54) is 0 Å². The predicted molar refractivity (Wildman–Crippen MR) is 86.1 cm³/mol. The molecule has 0 aliphatic carbocycles. The molecule has 106 valence electrons. The Balaban J connectivity index is 1.85. The van der Waals surface area contributed by atoms with Crippen molar-refractivity contribution in [3.8, 4) is 22.5 Å². The summed E-state index contributed by atoms with van der Waals surface area (Å²) in [6.45, 7) is 0. The predicted octanol–water partition coefficient (Wildman–Crippen LogP) is 3.90. The molecule has 0 saturated heterocycles. The van der Waals surface area contributed by atoms with Crippen LogP contribution < -0.4 is 4.72 Å². The maximum atomic E-state index is 10.7. The molecule has 0 fully saturated rings. The summed E-state index contributed by atoms with van der Waals surface area (Å²) in [5.74, 6) is 0. The lowest BCUT2D eigenvalue weighted by Crippen LogP contribution is -2.01. The smallest absolute Gasteiger partial charge is 0.259 e. The second kappa shape index (κ2) is 5.95. The van der Waals surface area contributed by atoms with Crippen LogP contribution in [0, 0.1) is 0 Å². The van der Waals surface area contributed by atoms with Crippen molar-refractivity contribution in [3.63, 3.8) is 0 Å². The number of hydrogen-bond acceptors (Lipinski definition) is 1. The van der Waals surface area contributed by atoms with Crippen molar-refractivity contribution in [1.82, 2.24) is 4.98 Å². The van der Waals surface area contributed by atoms with E-state index in [0.717, 1.165) is 22.5 Å². The first kappa shape index (κ1) is 13.6. The van der Waals surface area contributed by atoms with Gasteiger partial charge in [-0.15, -0.1) is 0 Å². The lowest BCUT2D eigenvalue weighted by Gasteiger charge is -2.03. The topological polar surface area (TPSA) is 65.1 Å². The normalized spacial score (nSPS) is 12.0. The van der Waals surface area contributed by atoms with Gasteiger partial charge in [0, 0.05) is 17.1 Å². The quantitative estimate of drug-likeness (QED) is 0.640. The van der Waals surface area contributed by atoms with Gasteiger partial charge in [0.25, 0.3) is 11.3 Å². The molecule has 0 amide bonds. The Morgan fingerprint density at radius 1 is 0.810 bits per heavy atom. The number of benzene rings is 2. The molecule has 3 N–H and O–H groups in total. The highest BCUT2D eigenvalue weighted by atomic mass is 32.2. The van der Waals surface area contributed by atoms with Crippen molar-refractivity contribution < 1.29 is 8.76 Å². The minimum Gasteiger partial charge on any atom is -0.355 e. The maximum Gasteiger partial charge on any atom is 0.259 e. The van der Waals surface area contributed by atoms with Gasteiger partial charge in [-0.25, -0.2) is 4.21 Å². The van der Waals surface area contributed by atoms with Crippen LogP contribution in [0.1, 0.15) is 0 Å². The van der Waals surface area contributed by atoms with Crippen molar-refractivity contribution in [1.29, 1.82) is 0 Å². The van der Waals surface area contributed by atoms with Crippen LogP contribution in [0.3, 0.4) is 0 Å². The highest BCUT2D eigenvalue weighted by Gasteiger charge is 2.04. The summed E-state index contributed by atoms with van der Waals surface area (Å²) >= 11 is -2.05. The SMILES string of the molecule is O=S(O)Nc1ccc(-c2ccc(-c3ccccc3)[nH]2)cc1. The summed E-state index contributed by atoms with van der Waals surface area (Å²) in [4.78, 5) is 3.38. The van der Waals surface area contributed by atoms with Gasteiger partial charge >= 0.3 is 0 Å². The molecule has 1 aromatic heterocycles. The molecule has 0 spiro atoms. The summed E-state index contributed by atoms with van der Waals surface area (Å²) < 4.78 is 21.9. The minimum absolute atomic E-state index is 0.606. The van der Waals surface area contributed by atoms with Crippen LogP contribution >= 0.6 is 0 Å². The fourth-order valence-corrected chi connectivity index (χ4v) is 2.51. The average molecular weight is 298 g/mol. The van der Waals surface area contributed by atoms with E-state index >= 15 is 0 Å². The van der Waals surface area contributed by atoms with E-state index in [9.17, 15) is 4.21 Å². The monoisotopic (exact) mass is 298 g/mol. The second-order valence-electron chi connectivity index (χ2n) is 4.58. The lowest BCUT2D eigenvalue weighted by atomic mass is 10.1. The van der Waals surface area contributed by atoms with Crippen molar-refractivity contribution in [2.75, 3.05) is 4.72 Å². The van der Waals surface area contributed by atoms with Gasteiger partial charge in [0.2, 0.25) is 0 Å². The van der Waals surface area contributed by atoms with Crippen LogP contribution in [0.4, 0.5) is 5.69 Å². The largest absolute Gasteiger partial charge is 0.355 e. The summed E-state index contributed by atoms with van der Waals surface area (Å²) in [6.07, 6.45) is 0. The zero-order valence-corrected chi connectivity index (χ0v) is 11.9. The van der Waals surface area contributed by atoms with Crippen LogP contribution in [0.15, 0.2) is 66.7 Å². The molecule has 4 nitrogen and oxygen atoms in total. The molecule has 1 atom stereocenters. The summed E-state index contributed by atoms with van der Waals surface area (Å²) in [5.41, 5.74) is 4.83. The molecule has 0 bridgehead atoms. The number of nitrogens with one attached hydrogen (secondary N) is 2. The van der Waals surface area contributed by atoms with Crippen LogP contribution in [0.5, 0.6) is 0 Å². The molecule has 3 aromatic rings. The lowest BCUT2D eigenvalue weighted by molar-refractivity contribution is 0.570. The number of aromatic amines is 1. The third-order valence-corrected chi connectivity index (χ3v) is 3.58. The van der Waals surface area contributed by atoms with Gasteiger partial charge in [0.15, 0.2) is 0 Å². The Morgan fingerprint density at radius 3 is 1.95 bits per heavy atom. The Labute approximate surface area is 125 Å². The van der Waals surface area contributed by atoms with E-state index in [4.69, 9.17) is 4.55 Å². The molecule has 5 heteroatoms. The van der Waals surface area contributed by atoms with Gasteiger partial charge in [-0.3, -0.25) is 9.27 Å². The van der Waals surface area contributed by atoms with E-state index in [-0.39, 0.29) is 0 Å². The van der Waals surface area contributed by atoms with E-state index in [1.54, 1.807) is 12.1 Å². The standard InChI is InChI=1S/C16H14N2O2S/c19-21(20)18-14-8-6-13(7-9-14)16-11-10-15(17-16)12-4-2-1-3-5-12/h1-11,17-18H,(H,19,20). The average Bonchev–Trinajstić information content (AvgIpc) is 2.98. The Bertz CT molecular complexity index is 751. The number of H-pyrrole nitrogens is 1. The zero-order chi connectivity index (χ0) is 14.7. The molecule has 0 saturated carbocycles. The first-order valence-corrected chi connectivity index (χ1v) is 7.55. The molecule has 0 aliphatic rings. The van der Waals surface area contributed by atoms with Gasteiger partial charge in [-0.2, -0.15) is 0 Å². The first-order valence-electron chi connectivity index (χ1n) is 6.45. The van der Waals surface area contributed by atoms with Crippen LogP contribution in [-0.2, 0) is 11.3 Å². The highest BCUT2D eigenvalue weighted by molar-refractivity contribution is 7.80. The van der Waals surface area contributed by atoms with Gasteiger partial charge in [0.05, 0.1) is 0 Å². The second-order valence-corrected chi connectivity index (χ2v) is 5.28. The van der Waals surface area contributed by atoms with Crippen molar-refractivity contribution in [3.05, 3.63) is 66.7 Å². The van der Waals surface area contributed by atoms with Crippen molar-refractivity contribution in [2.24, 2.45) is 0 Å². The third-order valence-electron chi connectivity index (χ3n) is 3.17. The van der Waals surface area contributed by atoms with Gasteiger partial charge in [0.1, 0.15) is 0 Å². The van der Waals surface area contributed by atoms with E-state index in [0.29, 0.717) is 5.69 Å². The molecule has 3 rings (SSSR count). The zero-order valence-electron chi connectivity index (χ0n) is 11.1. The van der Waals surface area contributed by atoms with E-state index in [2.05, 4.69) is 21.8 Å². The molecule has 0 radical (unpaired) electrons. The molecule has 1 heterocycles.